The summed E-state index contributed by atoms with van der Waals surface area (Å²) >= 11 is 6.64. The maximum Gasteiger partial charge on any atom is 0.347 e. The number of hydrogen-bond donors (Lipinski definition) is 0. The highest BCUT2D eigenvalue weighted by Crippen LogP contribution is 2.48. The number of rotatable bonds is 5. The number of para-hydroxylation sites is 1. The predicted octanol–water partition coefficient (Wildman–Crippen LogP) is 6.47. The molecule has 1 aliphatic carbocycles. The second kappa shape index (κ2) is 9.57. The van der Waals surface area contributed by atoms with E-state index in [1.807, 2.05) is 65.7 Å². The first kappa shape index (κ1) is 23.6. The zero-order valence-corrected chi connectivity index (χ0v) is 22.0. The Morgan fingerprint density at radius 1 is 1.16 bits per heavy atom. The third kappa shape index (κ3) is 4.04. The molecule has 0 fully saturated rings. The van der Waals surface area contributed by atoms with Crippen LogP contribution in [0.15, 0.2) is 119 Å². The first-order valence-corrected chi connectivity index (χ1v) is 14.0. The zero-order chi connectivity index (χ0) is 25.5. The van der Waals surface area contributed by atoms with E-state index < -0.39 is 0 Å². The molecule has 0 N–H and O–H groups in total. The quantitative estimate of drug-likeness (QED) is 0.330. The van der Waals surface area contributed by atoms with Crippen LogP contribution in [0.4, 0.5) is 10.5 Å². The second-order valence-electron chi connectivity index (χ2n) is 9.00. The van der Waals surface area contributed by atoms with Gasteiger partial charge in [0, 0.05) is 29.8 Å². The van der Waals surface area contributed by atoms with Crippen molar-refractivity contribution in [1.29, 1.82) is 0 Å². The molecule has 6 nitrogen and oxygen atoms in total. The summed E-state index contributed by atoms with van der Waals surface area (Å²) in [6.45, 7) is 4.73. The highest BCUT2D eigenvalue weighted by Gasteiger charge is 2.40. The van der Waals surface area contributed by atoms with E-state index in [9.17, 15) is 4.79 Å². The van der Waals surface area contributed by atoms with Crippen molar-refractivity contribution >= 4 is 45.1 Å². The number of nitrogens with zero attached hydrogens (tertiary/aromatic N) is 5. The minimum atomic E-state index is -0.216. The molecule has 0 saturated heterocycles. The first-order valence-electron chi connectivity index (χ1n) is 12.0. The van der Waals surface area contributed by atoms with Crippen LogP contribution >= 0.6 is 22.1 Å². The molecule has 0 aromatic heterocycles. The van der Waals surface area contributed by atoms with Gasteiger partial charge < -0.3 is 9.80 Å². The van der Waals surface area contributed by atoms with Crippen LogP contribution in [-0.2, 0) is 6.54 Å². The average Bonchev–Trinajstić information content (AvgIpc) is 3.58. The molecular formula is C29H26ClN5OS. The number of carbonyl (C=O) groups is 1. The molecule has 0 radical (unpaired) electrons. The molecule has 6 rings (SSSR count). The molecule has 2 amide bonds. The second-order valence-corrected chi connectivity index (χ2v) is 11.3. The summed E-state index contributed by atoms with van der Waals surface area (Å²) < 4.78 is 0. The average molecular weight is 528 g/mol. The van der Waals surface area contributed by atoms with Crippen LogP contribution in [0.5, 0.6) is 0 Å². The van der Waals surface area contributed by atoms with E-state index in [-0.39, 0.29) is 16.5 Å². The van der Waals surface area contributed by atoms with Crippen LogP contribution < -0.4 is 4.90 Å². The lowest BCUT2D eigenvalue weighted by Gasteiger charge is -2.28. The fourth-order valence-corrected chi connectivity index (χ4v) is 7.22. The monoisotopic (exact) mass is 527 g/mol. The van der Waals surface area contributed by atoms with E-state index in [1.165, 1.54) is 15.5 Å². The van der Waals surface area contributed by atoms with Gasteiger partial charge in [-0.3, -0.25) is 4.90 Å². The van der Waals surface area contributed by atoms with Crippen LogP contribution in [-0.4, -0.2) is 45.0 Å². The molecule has 3 aliphatic heterocycles. The van der Waals surface area contributed by atoms with Crippen LogP contribution in [0.2, 0.25) is 5.02 Å². The SMILES string of the molecule is C=CCN(Cc1ccccc1)C(=O)N1N=CN2C1=CN(c1ccccc1Cl)C=C1C3=C(C=CC3)S(C)=C12. The Labute approximate surface area is 224 Å². The van der Waals surface area contributed by atoms with Crippen molar-refractivity contribution in [3.8, 4) is 0 Å². The Hall–Kier alpha value is -3.81. The van der Waals surface area contributed by atoms with Crippen LogP contribution in [0.3, 0.4) is 0 Å². The molecular weight excluding hydrogens is 502 g/mol. The van der Waals surface area contributed by atoms with Gasteiger partial charge in [0.1, 0.15) is 6.34 Å². The van der Waals surface area contributed by atoms with Gasteiger partial charge in [-0.2, -0.15) is 10.1 Å². The third-order valence-corrected chi connectivity index (χ3v) is 9.06. The maximum absolute atomic E-state index is 13.9. The molecule has 1 unspecified atom stereocenters. The molecule has 8 heteroatoms. The number of hydrogen-bond acceptors (Lipinski definition) is 4. The van der Waals surface area contributed by atoms with Gasteiger partial charge in [-0.15, -0.1) is 17.1 Å². The van der Waals surface area contributed by atoms with Gasteiger partial charge >= 0.3 is 6.03 Å². The summed E-state index contributed by atoms with van der Waals surface area (Å²) in [5, 5.41) is 6.72. The molecule has 0 spiro atoms. The lowest BCUT2D eigenvalue weighted by Crippen LogP contribution is -2.41. The number of allylic oxidation sites excluding steroid dienone is 2. The summed E-state index contributed by atoms with van der Waals surface area (Å²) in [7, 11) is -0.159. The number of anilines is 1. The lowest BCUT2D eigenvalue weighted by molar-refractivity contribution is 0.168. The topological polar surface area (TPSA) is 42.4 Å². The maximum atomic E-state index is 13.9. The molecule has 0 saturated carbocycles. The summed E-state index contributed by atoms with van der Waals surface area (Å²) in [5.41, 5.74) is 4.36. The Balaban J connectivity index is 1.42. The smallest absolute Gasteiger partial charge is 0.318 e. The number of halogens is 1. The molecule has 4 aliphatic rings. The number of hydrazone groups is 1. The largest absolute Gasteiger partial charge is 0.347 e. The Bertz CT molecular complexity index is 1490. The lowest BCUT2D eigenvalue weighted by atomic mass is 10.1. The molecule has 3 heterocycles. The number of carbonyl (C=O) groups excluding carboxylic acids is 1. The van der Waals surface area contributed by atoms with Crippen molar-refractivity contribution in [1.82, 2.24) is 14.8 Å². The normalized spacial score (nSPS) is 19.5. The third-order valence-electron chi connectivity index (χ3n) is 6.70. The van der Waals surface area contributed by atoms with E-state index >= 15 is 0 Å². The minimum absolute atomic E-state index is 0.159. The van der Waals surface area contributed by atoms with Crippen molar-refractivity contribution < 1.29 is 4.79 Å². The number of amides is 2. The molecule has 0 bridgehead atoms. The van der Waals surface area contributed by atoms with Crippen LogP contribution in [0.25, 0.3) is 0 Å². The fraction of sp³-hybridized carbons (Fsp3) is 0.138. The Morgan fingerprint density at radius 2 is 1.95 bits per heavy atom. The van der Waals surface area contributed by atoms with Crippen molar-refractivity contribution in [2.24, 2.45) is 5.10 Å². The minimum Gasteiger partial charge on any atom is -0.318 e. The van der Waals surface area contributed by atoms with Crippen LogP contribution in [0.1, 0.15) is 12.0 Å². The molecule has 186 valence electrons. The number of urea groups is 1. The Kier molecular flexibility index (Phi) is 6.10. The van der Waals surface area contributed by atoms with E-state index in [2.05, 4.69) is 41.2 Å². The highest BCUT2D eigenvalue weighted by molar-refractivity contribution is 8.19. The number of benzene rings is 2. The van der Waals surface area contributed by atoms with Crippen molar-refractivity contribution in [2.75, 3.05) is 17.7 Å². The van der Waals surface area contributed by atoms with Crippen molar-refractivity contribution in [3.05, 3.63) is 124 Å². The molecule has 2 aromatic rings. The molecule has 37 heavy (non-hydrogen) atoms. The summed E-state index contributed by atoms with van der Waals surface area (Å²) in [6.07, 6.45) is 15.2. The summed E-state index contributed by atoms with van der Waals surface area (Å²) in [4.78, 5) is 22.2. The summed E-state index contributed by atoms with van der Waals surface area (Å²) in [5.74, 6) is 0.665. The summed E-state index contributed by atoms with van der Waals surface area (Å²) in [6, 6.07) is 17.5. The van der Waals surface area contributed by atoms with Gasteiger partial charge in [0.05, 0.1) is 21.9 Å². The van der Waals surface area contributed by atoms with Gasteiger partial charge in [-0.25, -0.2) is 4.79 Å². The fourth-order valence-electron chi connectivity index (χ4n) is 4.97. The van der Waals surface area contributed by atoms with E-state index in [0.29, 0.717) is 23.9 Å². The predicted molar refractivity (Wildman–Crippen MR) is 154 cm³/mol. The number of fused-ring (bicyclic) bond motifs is 4. The van der Waals surface area contributed by atoms with E-state index in [1.54, 1.807) is 17.3 Å². The van der Waals surface area contributed by atoms with Gasteiger partial charge in [-0.1, -0.05) is 72.3 Å². The van der Waals surface area contributed by atoms with Gasteiger partial charge in [-0.05, 0) is 35.9 Å². The standard InChI is InChI=1S/C29H26ClN5OS/c1-3-16-32(17-21-10-5-4-6-11-21)29(36)35-27-19-33(25-14-8-7-13-24(25)30)18-23-22-12-9-15-26(22)37(2)28(23)34(27)20-31-35/h3-11,13-15,18-20H,1,12,16-17H2,2H3. The highest BCUT2D eigenvalue weighted by atomic mass is 35.5. The van der Waals surface area contributed by atoms with Gasteiger partial charge in [0.15, 0.2) is 5.82 Å². The first-order chi connectivity index (χ1) is 18.1. The van der Waals surface area contributed by atoms with Crippen LogP contribution in [0, 0.1) is 0 Å². The molecule has 2 aromatic carbocycles. The van der Waals surface area contributed by atoms with Gasteiger partial charge in [0.2, 0.25) is 0 Å². The zero-order valence-electron chi connectivity index (χ0n) is 20.4. The van der Waals surface area contributed by atoms with Crippen molar-refractivity contribution in [2.45, 2.75) is 13.0 Å². The van der Waals surface area contributed by atoms with Gasteiger partial charge in [0.25, 0.3) is 0 Å². The molecule has 1 atom stereocenters. The Morgan fingerprint density at radius 3 is 2.73 bits per heavy atom. The van der Waals surface area contributed by atoms with E-state index in [0.717, 1.165) is 28.2 Å². The van der Waals surface area contributed by atoms with E-state index in [4.69, 9.17) is 11.6 Å². The van der Waals surface area contributed by atoms with Crippen molar-refractivity contribution in [3.63, 3.8) is 0 Å².